The molecule has 5 heteroatoms. The van der Waals surface area contributed by atoms with Crippen molar-refractivity contribution in [2.24, 2.45) is 0 Å². The van der Waals surface area contributed by atoms with E-state index in [1.54, 1.807) is 17.0 Å². The number of aliphatic hydroxyl groups excluding tert-OH is 1. The molecule has 1 unspecified atom stereocenters. The summed E-state index contributed by atoms with van der Waals surface area (Å²) in [6, 6.07) is 17.4. The van der Waals surface area contributed by atoms with Crippen molar-refractivity contribution in [3.63, 3.8) is 0 Å². The topological polar surface area (TPSA) is 75.8 Å². The molecule has 0 amide bonds. The van der Waals surface area contributed by atoms with E-state index in [1.807, 2.05) is 37.3 Å². The Hall–Kier alpha value is -2.95. The summed E-state index contributed by atoms with van der Waals surface area (Å²) < 4.78 is 6.02. The van der Waals surface area contributed by atoms with Crippen LogP contribution in [0, 0.1) is 0 Å². The SMILES string of the molecule is CCCC1(CCc2ccccc2)CC(O)=C(N(CC)c2cccc(N)c2)C(=O)O1. The number of rotatable bonds is 8. The van der Waals surface area contributed by atoms with Gasteiger partial charge in [-0.1, -0.05) is 49.7 Å². The molecular weight excluding hydrogens is 364 g/mol. The molecule has 2 aromatic carbocycles. The van der Waals surface area contributed by atoms with Crippen LogP contribution in [0.1, 0.15) is 45.1 Å². The highest BCUT2D eigenvalue weighted by atomic mass is 16.6. The van der Waals surface area contributed by atoms with Gasteiger partial charge in [-0.25, -0.2) is 4.79 Å². The normalized spacial score (nSPS) is 19.2. The van der Waals surface area contributed by atoms with Gasteiger partial charge in [0.05, 0.1) is 0 Å². The fourth-order valence-corrected chi connectivity index (χ4v) is 4.09. The molecule has 0 fully saturated rings. The number of hydrogen-bond acceptors (Lipinski definition) is 5. The number of cyclic esters (lactones) is 1. The van der Waals surface area contributed by atoms with Crippen molar-refractivity contribution in [2.45, 2.75) is 51.6 Å². The lowest BCUT2D eigenvalue weighted by molar-refractivity contribution is -0.160. The number of nitrogens with two attached hydrogens (primary N) is 1. The third kappa shape index (κ3) is 4.73. The van der Waals surface area contributed by atoms with Gasteiger partial charge in [-0.05, 0) is 49.9 Å². The third-order valence-electron chi connectivity index (χ3n) is 5.45. The highest BCUT2D eigenvalue weighted by molar-refractivity contribution is 5.94. The first-order valence-corrected chi connectivity index (χ1v) is 10.3. The number of ether oxygens (including phenoxy) is 1. The average molecular weight is 395 g/mol. The molecule has 0 aromatic heterocycles. The van der Waals surface area contributed by atoms with Crippen LogP contribution in [0.15, 0.2) is 66.1 Å². The summed E-state index contributed by atoms with van der Waals surface area (Å²) >= 11 is 0. The quantitative estimate of drug-likeness (QED) is 0.488. The van der Waals surface area contributed by atoms with E-state index >= 15 is 0 Å². The van der Waals surface area contributed by atoms with Crippen molar-refractivity contribution in [2.75, 3.05) is 17.2 Å². The minimum Gasteiger partial charge on any atom is -0.510 e. The van der Waals surface area contributed by atoms with Crippen molar-refractivity contribution in [1.82, 2.24) is 0 Å². The van der Waals surface area contributed by atoms with E-state index in [0.717, 1.165) is 18.5 Å². The molecule has 0 saturated heterocycles. The van der Waals surface area contributed by atoms with Crippen LogP contribution in [0.3, 0.4) is 0 Å². The molecule has 1 aliphatic rings. The number of likely N-dealkylation sites (N-methyl/N-ethyl adjacent to an activating group) is 1. The number of carbonyl (C=O) groups excluding carboxylic acids is 1. The number of aliphatic hydroxyl groups is 1. The third-order valence-corrected chi connectivity index (χ3v) is 5.45. The summed E-state index contributed by atoms with van der Waals surface area (Å²) in [6.45, 7) is 4.52. The van der Waals surface area contributed by atoms with Crippen molar-refractivity contribution < 1.29 is 14.6 Å². The second-order valence-corrected chi connectivity index (χ2v) is 7.62. The predicted molar refractivity (Wildman–Crippen MR) is 117 cm³/mol. The summed E-state index contributed by atoms with van der Waals surface area (Å²) in [6.07, 6.45) is 3.39. The number of hydrogen-bond donors (Lipinski definition) is 2. The molecule has 1 aliphatic heterocycles. The van der Waals surface area contributed by atoms with E-state index in [2.05, 4.69) is 19.1 Å². The van der Waals surface area contributed by atoms with E-state index < -0.39 is 11.6 Å². The minimum atomic E-state index is -0.676. The van der Waals surface area contributed by atoms with Crippen LogP contribution >= 0.6 is 0 Å². The first-order chi connectivity index (χ1) is 14.0. The molecule has 3 rings (SSSR count). The fraction of sp³-hybridized carbons (Fsp3) is 0.375. The summed E-state index contributed by atoms with van der Waals surface area (Å²) in [5.41, 5.74) is 8.01. The van der Waals surface area contributed by atoms with Crippen LogP contribution < -0.4 is 10.6 Å². The van der Waals surface area contributed by atoms with Crippen LogP contribution in [0.2, 0.25) is 0 Å². The molecule has 5 nitrogen and oxygen atoms in total. The van der Waals surface area contributed by atoms with E-state index in [1.165, 1.54) is 5.56 Å². The lowest BCUT2D eigenvalue weighted by atomic mass is 9.84. The van der Waals surface area contributed by atoms with Gasteiger partial charge in [-0.2, -0.15) is 0 Å². The smallest absolute Gasteiger partial charge is 0.359 e. The van der Waals surface area contributed by atoms with Gasteiger partial charge in [0.25, 0.3) is 0 Å². The van der Waals surface area contributed by atoms with E-state index in [-0.39, 0.29) is 11.5 Å². The molecule has 3 N–H and O–H groups in total. The Morgan fingerprint density at radius 1 is 1.10 bits per heavy atom. The van der Waals surface area contributed by atoms with Gasteiger partial charge in [0, 0.05) is 24.3 Å². The average Bonchev–Trinajstić information content (AvgIpc) is 2.70. The second kappa shape index (κ2) is 9.03. The van der Waals surface area contributed by atoms with Gasteiger partial charge in [0.1, 0.15) is 11.4 Å². The van der Waals surface area contributed by atoms with Gasteiger partial charge in [0.2, 0.25) is 0 Å². The Balaban J connectivity index is 1.87. The van der Waals surface area contributed by atoms with E-state index in [4.69, 9.17) is 10.5 Å². The number of nitrogen functional groups attached to an aromatic ring is 1. The molecule has 0 bridgehead atoms. The van der Waals surface area contributed by atoms with Crippen LogP contribution in [-0.4, -0.2) is 23.2 Å². The van der Waals surface area contributed by atoms with Crippen LogP contribution in [0.5, 0.6) is 0 Å². The zero-order chi connectivity index (χ0) is 20.9. The van der Waals surface area contributed by atoms with Gasteiger partial charge in [-0.3, -0.25) is 0 Å². The van der Waals surface area contributed by atoms with Crippen LogP contribution in [0.25, 0.3) is 0 Å². The maximum atomic E-state index is 13.1. The molecule has 1 atom stereocenters. The van der Waals surface area contributed by atoms with Gasteiger partial charge in [-0.15, -0.1) is 0 Å². The lowest BCUT2D eigenvalue weighted by Crippen LogP contribution is -2.44. The first kappa shape index (κ1) is 20.8. The maximum Gasteiger partial charge on any atom is 0.359 e. The van der Waals surface area contributed by atoms with Crippen LogP contribution in [-0.2, 0) is 16.0 Å². The van der Waals surface area contributed by atoms with Crippen molar-refractivity contribution in [3.05, 3.63) is 71.6 Å². The molecule has 0 saturated carbocycles. The number of anilines is 2. The number of aryl methyl sites for hydroxylation is 1. The number of carbonyl (C=O) groups is 1. The highest BCUT2D eigenvalue weighted by Crippen LogP contribution is 2.38. The molecular formula is C24H30N2O3. The molecule has 2 aromatic rings. The maximum absolute atomic E-state index is 13.1. The Morgan fingerprint density at radius 2 is 1.86 bits per heavy atom. The molecule has 1 heterocycles. The standard InChI is InChI=1S/C24H30N2O3/c1-3-14-24(15-13-18-9-6-5-7-10-18)17-21(27)22(23(28)29-24)26(4-2)20-12-8-11-19(25)16-20/h5-12,16,27H,3-4,13-15,17,25H2,1-2H3. The molecule has 0 aliphatic carbocycles. The first-order valence-electron chi connectivity index (χ1n) is 10.3. The molecule has 29 heavy (non-hydrogen) atoms. The van der Waals surface area contributed by atoms with Crippen molar-refractivity contribution >= 4 is 17.3 Å². The van der Waals surface area contributed by atoms with E-state index in [0.29, 0.717) is 31.5 Å². The van der Waals surface area contributed by atoms with Crippen LogP contribution in [0.4, 0.5) is 11.4 Å². The van der Waals surface area contributed by atoms with Crippen molar-refractivity contribution in [3.8, 4) is 0 Å². The minimum absolute atomic E-state index is 0.0898. The Labute approximate surface area is 172 Å². The van der Waals surface area contributed by atoms with Gasteiger partial charge < -0.3 is 20.5 Å². The monoisotopic (exact) mass is 394 g/mol. The predicted octanol–water partition coefficient (Wildman–Crippen LogP) is 4.98. The molecule has 0 spiro atoms. The van der Waals surface area contributed by atoms with Gasteiger partial charge in [0.15, 0.2) is 5.70 Å². The fourth-order valence-electron chi connectivity index (χ4n) is 4.09. The number of esters is 1. The zero-order valence-electron chi connectivity index (χ0n) is 17.2. The lowest BCUT2D eigenvalue weighted by Gasteiger charge is -2.39. The number of nitrogens with zero attached hydrogens (tertiary/aromatic N) is 1. The summed E-state index contributed by atoms with van der Waals surface area (Å²) in [5, 5.41) is 10.9. The highest BCUT2D eigenvalue weighted by Gasteiger charge is 2.42. The van der Waals surface area contributed by atoms with Crippen molar-refractivity contribution in [1.29, 1.82) is 0 Å². The summed E-state index contributed by atoms with van der Waals surface area (Å²) in [4.78, 5) is 14.8. The van der Waals surface area contributed by atoms with Gasteiger partial charge >= 0.3 is 5.97 Å². The Morgan fingerprint density at radius 3 is 2.48 bits per heavy atom. The number of benzene rings is 2. The van der Waals surface area contributed by atoms with E-state index in [9.17, 15) is 9.90 Å². The molecule has 154 valence electrons. The Bertz CT molecular complexity index is 879. The summed E-state index contributed by atoms with van der Waals surface area (Å²) in [7, 11) is 0. The largest absolute Gasteiger partial charge is 0.510 e. The zero-order valence-corrected chi connectivity index (χ0v) is 17.2. The Kier molecular flexibility index (Phi) is 6.47. The summed E-state index contributed by atoms with van der Waals surface area (Å²) in [5.74, 6) is -0.383. The molecule has 0 radical (unpaired) electrons. The second-order valence-electron chi connectivity index (χ2n) is 7.62.